The molecule has 114 valence electrons. The lowest BCUT2D eigenvalue weighted by Gasteiger charge is -2.12. The summed E-state index contributed by atoms with van der Waals surface area (Å²) in [5, 5.41) is 2.53. The molecular formula is C15H19ClFN3O. The molecule has 1 aromatic carbocycles. The Hall–Kier alpha value is -1.62. The highest BCUT2D eigenvalue weighted by atomic mass is 35.5. The highest BCUT2D eigenvalue weighted by molar-refractivity contribution is 6.20. The molecule has 0 aliphatic heterocycles. The van der Waals surface area contributed by atoms with Crippen LogP contribution in [-0.2, 0) is 11.3 Å². The fourth-order valence-electron chi connectivity index (χ4n) is 2.27. The quantitative estimate of drug-likeness (QED) is 0.860. The summed E-state index contributed by atoms with van der Waals surface area (Å²) in [5.74, 6) is 0.287. The Bertz CT molecular complexity index is 652. The van der Waals surface area contributed by atoms with Crippen molar-refractivity contribution in [2.45, 2.75) is 45.2 Å². The molecule has 1 unspecified atom stereocenters. The van der Waals surface area contributed by atoms with Crippen LogP contribution in [0.4, 0.5) is 4.39 Å². The van der Waals surface area contributed by atoms with Gasteiger partial charge in [-0.05, 0) is 32.9 Å². The van der Waals surface area contributed by atoms with E-state index in [2.05, 4.69) is 10.3 Å². The lowest BCUT2D eigenvalue weighted by atomic mass is 10.3. The maximum Gasteiger partial charge on any atom is 0.221 e. The van der Waals surface area contributed by atoms with Crippen molar-refractivity contribution in [3.63, 3.8) is 0 Å². The molecule has 6 heteroatoms. The molecule has 0 spiro atoms. The minimum Gasteiger partial charge on any atom is -0.354 e. The van der Waals surface area contributed by atoms with Crippen LogP contribution in [0, 0.1) is 5.82 Å². The van der Waals surface area contributed by atoms with Crippen LogP contribution in [0.2, 0.25) is 0 Å². The van der Waals surface area contributed by atoms with Gasteiger partial charge in [0.1, 0.15) is 11.6 Å². The first-order valence-electron chi connectivity index (χ1n) is 6.97. The maximum absolute atomic E-state index is 13.3. The number of alkyl halides is 1. The van der Waals surface area contributed by atoms with Crippen LogP contribution in [0.1, 0.15) is 38.4 Å². The average molecular weight is 312 g/mol. The molecular weight excluding hydrogens is 293 g/mol. The second-order valence-corrected chi connectivity index (χ2v) is 6.00. The van der Waals surface area contributed by atoms with Crippen LogP contribution < -0.4 is 5.32 Å². The van der Waals surface area contributed by atoms with Crippen LogP contribution in [0.25, 0.3) is 11.0 Å². The Balaban J connectivity index is 2.28. The molecule has 0 saturated carbocycles. The van der Waals surface area contributed by atoms with Gasteiger partial charge in [0.2, 0.25) is 5.91 Å². The molecule has 0 saturated heterocycles. The van der Waals surface area contributed by atoms with Gasteiger partial charge in [-0.3, -0.25) is 4.79 Å². The summed E-state index contributed by atoms with van der Waals surface area (Å²) in [4.78, 5) is 16.2. The van der Waals surface area contributed by atoms with Crippen molar-refractivity contribution in [3.8, 4) is 0 Å². The first kappa shape index (κ1) is 15.8. The summed E-state index contributed by atoms with van der Waals surface area (Å²) in [6.07, 6.45) is 0.331. The second-order valence-electron chi connectivity index (χ2n) is 5.34. The molecule has 1 atom stereocenters. The van der Waals surface area contributed by atoms with Gasteiger partial charge in [-0.2, -0.15) is 0 Å². The van der Waals surface area contributed by atoms with E-state index in [0.717, 1.165) is 5.52 Å². The molecule has 0 radical (unpaired) electrons. The monoisotopic (exact) mass is 311 g/mol. The van der Waals surface area contributed by atoms with Crippen molar-refractivity contribution in [1.29, 1.82) is 0 Å². The van der Waals surface area contributed by atoms with Gasteiger partial charge in [0.05, 0.1) is 16.4 Å². The van der Waals surface area contributed by atoms with Gasteiger partial charge >= 0.3 is 0 Å². The number of nitrogens with one attached hydrogen (secondary N) is 1. The van der Waals surface area contributed by atoms with Crippen molar-refractivity contribution in [1.82, 2.24) is 14.9 Å². The predicted molar refractivity (Wildman–Crippen MR) is 81.9 cm³/mol. The zero-order valence-corrected chi connectivity index (χ0v) is 13.1. The van der Waals surface area contributed by atoms with E-state index < -0.39 is 0 Å². The van der Waals surface area contributed by atoms with Gasteiger partial charge in [-0.25, -0.2) is 9.37 Å². The largest absolute Gasteiger partial charge is 0.354 e. The third kappa shape index (κ3) is 3.73. The van der Waals surface area contributed by atoms with Crippen LogP contribution >= 0.6 is 11.6 Å². The fraction of sp³-hybridized carbons (Fsp3) is 0.467. The van der Waals surface area contributed by atoms with Crippen molar-refractivity contribution in [3.05, 3.63) is 29.8 Å². The number of rotatable bonds is 5. The van der Waals surface area contributed by atoms with E-state index in [0.29, 0.717) is 24.3 Å². The zero-order valence-electron chi connectivity index (χ0n) is 12.4. The second kappa shape index (κ2) is 6.43. The topological polar surface area (TPSA) is 46.9 Å². The van der Waals surface area contributed by atoms with Gasteiger partial charge in [0.15, 0.2) is 0 Å². The number of carbonyl (C=O) groups is 1. The number of halogens is 2. The number of hydrogen-bond donors (Lipinski definition) is 1. The summed E-state index contributed by atoms with van der Waals surface area (Å²) in [6, 6.07) is 4.54. The van der Waals surface area contributed by atoms with Crippen molar-refractivity contribution < 1.29 is 9.18 Å². The summed E-state index contributed by atoms with van der Waals surface area (Å²) in [5.41, 5.74) is 1.35. The van der Waals surface area contributed by atoms with Crippen LogP contribution in [0.3, 0.4) is 0 Å². The first-order valence-corrected chi connectivity index (χ1v) is 7.41. The Morgan fingerprint density at radius 2 is 2.14 bits per heavy atom. The Morgan fingerprint density at radius 3 is 2.76 bits per heavy atom. The van der Waals surface area contributed by atoms with Crippen LogP contribution in [0.15, 0.2) is 18.2 Å². The normalized spacial score (nSPS) is 12.9. The molecule has 2 aromatic rings. The molecule has 0 fully saturated rings. The summed E-state index contributed by atoms with van der Waals surface area (Å²) >= 11 is 6.14. The number of nitrogens with zero attached hydrogens (tertiary/aromatic N) is 2. The minimum absolute atomic E-state index is 0.0258. The van der Waals surface area contributed by atoms with E-state index >= 15 is 0 Å². The Morgan fingerprint density at radius 1 is 1.43 bits per heavy atom. The predicted octanol–water partition coefficient (Wildman–Crippen LogP) is 3.39. The average Bonchev–Trinajstić information content (AvgIpc) is 2.73. The van der Waals surface area contributed by atoms with Gasteiger partial charge in [0.25, 0.3) is 0 Å². The van der Waals surface area contributed by atoms with E-state index in [1.165, 1.54) is 12.1 Å². The van der Waals surface area contributed by atoms with Gasteiger partial charge in [-0.1, -0.05) is 0 Å². The lowest BCUT2D eigenvalue weighted by Crippen LogP contribution is -2.30. The van der Waals surface area contributed by atoms with E-state index in [-0.39, 0.29) is 23.1 Å². The van der Waals surface area contributed by atoms with Crippen molar-refractivity contribution >= 4 is 28.5 Å². The molecule has 4 nitrogen and oxygen atoms in total. The molecule has 1 heterocycles. The number of carbonyl (C=O) groups excluding carboxylic acids is 1. The van der Waals surface area contributed by atoms with E-state index in [1.54, 1.807) is 6.07 Å². The number of aryl methyl sites for hydroxylation is 1. The standard InChI is InChI=1S/C15H19ClFN3O/c1-9(2)18-14(21)6-7-20-13-5-4-11(17)8-12(13)19-15(20)10(3)16/h4-5,8-10H,6-7H2,1-3H3,(H,18,21). The molecule has 1 aromatic heterocycles. The van der Waals surface area contributed by atoms with Crippen molar-refractivity contribution in [2.75, 3.05) is 0 Å². The Labute approximate surface area is 128 Å². The van der Waals surface area contributed by atoms with Gasteiger partial charge in [-0.15, -0.1) is 11.6 Å². The zero-order chi connectivity index (χ0) is 15.6. The third-order valence-corrected chi connectivity index (χ3v) is 3.30. The number of imidazole rings is 1. The minimum atomic E-state index is -0.335. The number of fused-ring (bicyclic) bond motifs is 1. The third-order valence-electron chi connectivity index (χ3n) is 3.11. The van der Waals surface area contributed by atoms with E-state index in [9.17, 15) is 9.18 Å². The highest BCUT2D eigenvalue weighted by Gasteiger charge is 2.16. The molecule has 0 bridgehead atoms. The number of aromatic nitrogens is 2. The molecule has 21 heavy (non-hydrogen) atoms. The smallest absolute Gasteiger partial charge is 0.221 e. The van der Waals surface area contributed by atoms with Crippen molar-refractivity contribution in [2.24, 2.45) is 0 Å². The van der Waals surface area contributed by atoms with Gasteiger partial charge < -0.3 is 9.88 Å². The number of amides is 1. The van der Waals surface area contributed by atoms with Crippen LogP contribution in [-0.4, -0.2) is 21.5 Å². The summed E-state index contributed by atoms with van der Waals surface area (Å²) < 4.78 is 15.2. The molecule has 1 amide bonds. The van der Waals surface area contributed by atoms with Crippen LogP contribution in [0.5, 0.6) is 0 Å². The number of benzene rings is 1. The maximum atomic E-state index is 13.3. The summed E-state index contributed by atoms with van der Waals surface area (Å²) in [6.45, 7) is 6.11. The Kier molecular flexibility index (Phi) is 4.83. The molecule has 2 rings (SSSR count). The SMILES string of the molecule is CC(C)NC(=O)CCn1c(C(C)Cl)nc2cc(F)ccc21. The fourth-order valence-corrected chi connectivity index (χ4v) is 2.43. The molecule has 1 N–H and O–H groups in total. The molecule has 0 aliphatic rings. The first-order chi connectivity index (χ1) is 9.88. The highest BCUT2D eigenvalue weighted by Crippen LogP contribution is 2.25. The number of hydrogen-bond acceptors (Lipinski definition) is 2. The lowest BCUT2D eigenvalue weighted by molar-refractivity contribution is -0.121. The summed E-state index contributed by atoms with van der Waals surface area (Å²) in [7, 11) is 0. The van der Waals surface area contributed by atoms with E-state index in [1.807, 2.05) is 25.3 Å². The van der Waals surface area contributed by atoms with E-state index in [4.69, 9.17) is 11.6 Å². The molecule has 0 aliphatic carbocycles. The van der Waals surface area contributed by atoms with Gasteiger partial charge in [0, 0.05) is 25.1 Å².